The van der Waals surface area contributed by atoms with Gasteiger partial charge in [0.2, 0.25) is 5.88 Å². The van der Waals surface area contributed by atoms with E-state index in [1.165, 1.54) is 0 Å². The molecule has 4 rings (SSSR count). The summed E-state index contributed by atoms with van der Waals surface area (Å²) in [6, 6.07) is 11.4. The highest BCUT2D eigenvalue weighted by Gasteiger charge is 2.33. The highest BCUT2D eigenvalue weighted by molar-refractivity contribution is 6.30. The van der Waals surface area contributed by atoms with E-state index in [1.54, 1.807) is 11.9 Å². The number of anilines is 1. The molecule has 0 atom stereocenters. The Morgan fingerprint density at radius 1 is 1.21 bits per heavy atom. The number of ether oxygens (including phenoxy) is 1. The van der Waals surface area contributed by atoms with Gasteiger partial charge in [0, 0.05) is 48.5 Å². The van der Waals surface area contributed by atoms with E-state index in [1.807, 2.05) is 43.3 Å². The second-order valence-electron chi connectivity index (χ2n) is 9.03. The van der Waals surface area contributed by atoms with Crippen molar-refractivity contribution in [3.63, 3.8) is 0 Å². The Balaban J connectivity index is 1.52. The van der Waals surface area contributed by atoms with Crippen LogP contribution in [0.25, 0.3) is 0 Å². The molecule has 0 amide bonds. The number of hydrogen-bond donors (Lipinski definition) is 0. The second-order valence-corrected chi connectivity index (χ2v) is 9.46. The summed E-state index contributed by atoms with van der Waals surface area (Å²) >= 11 is 6.27. The third-order valence-electron chi connectivity index (χ3n) is 6.44. The molecule has 1 aromatic heterocycles. The molecule has 1 fully saturated rings. The van der Waals surface area contributed by atoms with Crippen LogP contribution in [-0.2, 0) is 6.54 Å². The second kappa shape index (κ2) is 10.8. The van der Waals surface area contributed by atoms with Gasteiger partial charge in [-0.1, -0.05) is 24.2 Å². The van der Waals surface area contributed by atoms with Gasteiger partial charge in [0.15, 0.2) is 0 Å². The van der Waals surface area contributed by atoms with Crippen molar-refractivity contribution in [1.82, 2.24) is 9.88 Å². The lowest BCUT2D eigenvalue weighted by Crippen LogP contribution is -2.40. The number of aromatic nitrogens is 1. The molecule has 5 nitrogen and oxygen atoms in total. The van der Waals surface area contributed by atoms with E-state index in [-0.39, 0.29) is 18.6 Å². The average Bonchev–Trinajstić information content (AvgIpc) is 2.90. The first kappa shape index (κ1) is 24.6. The van der Waals surface area contributed by atoms with Crippen LogP contribution in [0.5, 0.6) is 5.88 Å². The number of amidine groups is 1. The molecule has 2 aliphatic rings. The van der Waals surface area contributed by atoms with E-state index >= 15 is 0 Å². The number of pyridine rings is 1. The zero-order chi connectivity index (χ0) is 24.2. The number of nitrogens with zero attached hydrogens (tertiary/aromatic N) is 4. The Labute approximate surface area is 205 Å². The lowest BCUT2D eigenvalue weighted by molar-refractivity contribution is 0.0901. The third kappa shape index (κ3) is 5.76. The summed E-state index contributed by atoms with van der Waals surface area (Å²) in [7, 11) is 1.79. The number of aliphatic imine (C=N–C) groups is 1. The lowest BCUT2D eigenvalue weighted by Gasteiger charge is -2.36. The molecule has 1 aliphatic carbocycles. The highest BCUT2D eigenvalue weighted by atomic mass is 35.5. The lowest BCUT2D eigenvalue weighted by atomic mass is 9.85. The number of hydrogen-bond acceptors (Lipinski definition) is 4. The van der Waals surface area contributed by atoms with Crippen LogP contribution in [0.2, 0.25) is 5.02 Å². The molecule has 0 unspecified atom stereocenters. The van der Waals surface area contributed by atoms with Crippen molar-refractivity contribution in [2.24, 2.45) is 10.9 Å². The Morgan fingerprint density at radius 2 is 1.97 bits per heavy atom. The zero-order valence-corrected chi connectivity index (χ0v) is 20.4. The van der Waals surface area contributed by atoms with E-state index < -0.39 is 6.43 Å². The van der Waals surface area contributed by atoms with E-state index in [0.29, 0.717) is 24.0 Å². The minimum atomic E-state index is -2.42. The molecular weight excluding hydrogens is 458 g/mol. The van der Waals surface area contributed by atoms with Crippen LogP contribution >= 0.6 is 11.6 Å². The minimum absolute atomic E-state index is 0.114. The Bertz CT molecular complexity index is 1050. The van der Waals surface area contributed by atoms with E-state index in [0.717, 1.165) is 54.2 Å². The molecule has 0 spiro atoms. The Kier molecular flexibility index (Phi) is 7.84. The largest absolute Gasteiger partial charge is 0.474 e. The highest BCUT2D eigenvalue weighted by Crippen LogP contribution is 2.36. The van der Waals surface area contributed by atoms with Crippen molar-refractivity contribution in [3.8, 4) is 5.88 Å². The number of rotatable bonds is 5. The van der Waals surface area contributed by atoms with Crippen molar-refractivity contribution in [3.05, 3.63) is 65.0 Å². The van der Waals surface area contributed by atoms with Crippen LogP contribution in [0, 0.1) is 12.8 Å². The summed E-state index contributed by atoms with van der Waals surface area (Å²) in [5.74, 6) is 1.80. The van der Waals surface area contributed by atoms with Gasteiger partial charge in [0.05, 0.1) is 12.2 Å². The fourth-order valence-electron chi connectivity index (χ4n) is 4.96. The summed E-state index contributed by atoms with van der Waals surface area (Å²) in [5, 5.41) is 0.584. The fourth-order valence-corrected chi connectivity index (χ4v) is 5.16. The van der Waals surface area contributed by atoms with Gasteiger partial charge < -0.3 is 9.64 Å². The standard InChI is InChI=1S/C26H31ClF2N4O/c1-17-5-4-6-25(31-17)34-22-10-7-19(8-11-22)26(30-3)33-18(2)14-32(16-24(28)29)15-20-13-21(27)9-12-23(20)33/h4-6,9,12-13,19,22,24H,2,7-8,10-11,14-16H2,1,3H3. The van der Waals surface area contributed by atoms with Gasteiger partial charge in [-0.25, -0.2) is 13.8 Å². The number of fused-ring (bicyclic) bond motifs is 1. The predicted molar refractivity (Wildman–Crippen MR) is 133 cm³/mol. The first-order valence-electron chi connectivity index (χ1n) is 11.7. The van der Waals surface area contributed by atoms with Crippen LogP contribution in [0.4, 0.5) is 14.5 Å². The number of alkyl halides is 2. The third-order valence-corrected chi connectivity index (χ3v) is 6.68. The number of benzene rings is 1. The van der Waals surface area contributed by atoms with Crippen LogP contribution in [0.1, 0.15) is 36.9 Å². The van der Waals surface area contributed by atoms with E-state index in [4.69, 9.17) is 16.3 Å². The van der Waals surface area contributed by atoms with Gasteiger partial charge in [0.1, 0.15) is 11.9 Å². The predicted octanol–water partition coefficient (Wildman–Crippen LogP) is 6.11. The zero-order valence-electron chi connectivity index (χ0n) is 19.7. The maximum atomic E-state index is 13.2. The minimum Gasteiger partial charge on any atom is -0.474 e. The smallest absolute Gasteiger partial charge is 0.251 e. The van der Waals surface area contributed by atoms with Crippen molar-refractivity contribution in [1.29, 1.82) is 0 Å². The molecule has 34 heavy (non-hydrogen) atoms. The molecule has 0 saturated heterocycles. The first-order valence-corrected chi connectivity index (χ1v) is 12.1. The SMILES string of the molecule is C=C1CN(CC(F)F)Cc2cc(Cl)ccc2N1C(=NC)C1CCC(Oc2cccc(C)n2)CC1. The molecule has 2 aromatic rings. The molecule has 0 N–H and O–H groups in total. The van der Waals surface area contributed by atoms with E-state index in [2.05, 4.69) is 21.5 Å². The Hall–Kier alpha value is -2.51. The maximum Gasteiger partial charge on any atom is 0.251 e. The first-order chi connectivity index (χ1) is 16.3. The van der Waals surface area contributed by atoms with Crippen LogP contribution in [0.3, 0.4) is 0 Å². The Morgan fingerprint density at radius 3 is 2.65 bits per heavy atom. The van der Waals surface area contributed by atoms with Crippen molar-refractivity contribution in [2.75, 3.05) is 25.0 Å². The molecule has 182 valence electrons. The summed E-state index contributed by atoms with van der Waals surface area (Å²) < 4.78 is 32.6. The monoisotopic (exact) mass is 488 g/mol. The number of halogens is 3. The molecular formula is C26H31ClF2N4O. The van der Waals surface area contributed by atoms with Crippen molar-refractivity contribution in [2.45, 2.75) is 51.7 Å². The van der Waals surface area contributed by atoms with Gasteiger partial charge in [-0.3, -0.25) is 9.89 Å². The number of aryl methyl sites for hydroxylation is 1. The summed E-state index contributed by atoms with van der Waals surface area (Å²) in [5.41, 5.74) is 3.49. The van der Waals surface area contributed by atoms with Gasteiger partial charge in [-0.05, 0) is 62.4 Å². The normalized spacial score (nSPS) is 22.0. The molecule has 1 saturated carbocycles. The van der Waals surface area contributed by atoms with Gasteiger partial charge in [-0.15, -0.1) is 0 Å². The van der Waals surface area contributed by atoms with Gasteiger partial charge in [0.25, 0.3) is 6.43 Å². The maximum absolute atomic E-state index is 13.2. The molecule has 1 aromatic carbocycles. The van der Waals surface area contributed by atoms with Crippen molar-refractivity contribution < 1.29 is 13.5 Å². The van der Waals surface area contributed by atoms with Gasteiger partial charge >= 0.3 is 0 Å². The molecule has 0 radical (unpaired) electrons. The van der Waals surface area contributed by atoms with Crippen LogP contribution in [0.15, 0.2) is 53.7 Å². The van der Waals surface area contributed by atoms with Crippen molar-refractivity contribution >= 4 is 23.1 Å². The summed E-state index contributed by atoms with van der Waals surface area (Å²) in [4.78, 5) is 12.9. The fraction of sp³-hybridized carbons (Fsp3) is 0.462. The van der Waals surface area contributed by atoms with Crippen LogP contribution in [-0.4, -0.2) is 48.4 Å². The van der Waals surface area contributed by atoms with Gasteiger partial charge in [-0.2, -0.15) is 0 Å². The topological polar surface area (TPSA) is 41.0 Å². The van der Waals surface area contributed by atoms with Crippen LogP contribution < -0.4 is 9.64 Å². The molecule has 2 heterocycles. The molecule has 0 bridgehead atoms. The summed E-state index contributed by atoms with van der Waals surface area (Å²) in [6.07, 6.45) is 1.31. The molecule has 8 heteroatoms. The molecule has 1 aliphatic heterocycles. The summed E-state index contributed by atoms with van der Waals surface area (Å²) in [6.45, 7) is 6.64. The van der Waals surface area contributed by atoms with E-state index in [9.17, 15) is 8.78 Å². The average molecular weight is 489 g/mol. The quantitative estimate of drug-likeness (QED) is 0.376.